The second kappa shape index (κ2) is 5.36. The van der Waals surface area contributed by atoms with Crippen LogP contribution in [0.2, 0.25) is 0 Å². The highest BCUT2D eigenvalue weighted by molar-refractivity contribution is 7.98. The van der Waals surface area contributed by atoms with Crippen molar-refractivity contribution in [2.45, 2.75) is 25.6 Å². The summed E-state index contributed by atoms with van der Waals surface area (Å²) in [5, 5.41) is 8.62. The van der Waals surface area contributed by atoms with E-state index in [0.29, 0.717) is 11.5 Å². The topological polar surface area (TPSA) is 81.1 Å². The van der Waals surface area contributed by atoms with Crippen LogP contribution in [0.5, 0.6) is 0 Å². The molecule has 1 atom stereocenters. The smallest absolute Gasteiger partial charge is 0.321 e. The van der Waals surface area contributed by atoms with Crippen molar-refractivity contribution in [3.05, 3.63) is 17.2 Å². The third-order valence-electron chi connectivity index (χ3n) is 2.56. The van der Waals surface area contributed by atoms with Gasteiger partial charge in [-0.2, -0.15) is 11.8 Å². The van der Waals surface area contributed by atoms with Crippen molar-refractivity contribution in [1.82, 2.24) is 9.55 Å². The van der Waals surface area contributed by atoms with E-state index in [4.69, 9.17) is 10.8 Å². The van der Waals surface area contributed by atoms with E-state index in [1.165, 1.54) is 11.8 Å². The summed E-state index contributed by atoms with van der Waals surface area (Å²) in [5.74, 6) is 1.09. The number of thioether (sulfide) groups is 1. The van der Waals surface area contributed by atoms with Crippen LogP contribution in [-0.2, 0) is 17.6 Å². The molecule has 0 fully saturated rings. The number of aryl methyl sites for hydroxylation is 1. The number of hydrogen-bond donors (Lipinski definition) is 2. The summed E-state index contributed by atoms with van der Waals surface area (Å²) >= 11 is 1.49. The molecule has 1 unspecified atom stereocenters. The van der Waals surface area contributed by atoms with Crippen molar-refractivity contribution >= 4 is 17.7 Å². The predicted molar refractivity (Wildman–Crippen MR) is 64.5 cm³/mol. The molecule has 90 valence electrons. The highest BCUT2D eigenvalue weighted by atomic mass is 32.2. The normalized spacial score (nSPS) is 12.8. The van der Waals surface area contributed by atoms with Crippen molar-refractivity contribution in [2.75, 3.05) is 5.75 Å². The first-order chi connectivity index (χ1) is 7.43. The molecule has 5 nitrogen and oxygen atoms in total. The number of carboxylic acid groups (broad SMARTS) is 1. The standard InChI is InChI=1S/C10H17N3O2S/c1-6-7(2)13(3)9(12-6)5-16-4-8(11)10(14)15/h8H,4-5,11H2,1-3H3,(H,14,15). The third kappa shape index (κ3) is 2.99. The van der Waals surface area contributed by atoms with Crippen molar-refractivity contribution < 1.29 is 9.90 Å². The number of rotatable bonds is 5. The Bertz CT molecular complexity index is 390. The molecule has 0 aliphatic rings. The molecule has 0 saturated carbocycles. The van der Waals surface area contributed by atoms with E-state index >= 15 is 0 Å². The average molecular weight is 243 g/mol. The zero-order valence-electron chi connectivity index (χ0n) is 9.73. The lowest BCUT2D eigenvalue weighted by molar-refractivity contribution is -0.137. The minimum Gasteiger partial charge on any atom is -0.480 e. The van der Waals surface area contributed by atoms with Crippen LogP contribution in [0.4, 0.5) is 0 Å². The van der Waals surface area contributed by atoms with Crippen molar-refractivity contribution in [3.63, 3.8) is 0 Å². The van der Waals surface area contributed by atoms with Gasteiger partial charge in [0, 0.05) is 18.5 Å². The highest BCUT2D eigenvalue weighted by Crippen LogP contribution is 2.15. The van der Waals surface area contributed by atoms with Gasteiger partial charge < -0.3 is 15.4 Å². The van der Waals surface area contributed by atoms with Gasteiger partial charge in [0.15, 0.2) is 0 Å². The second-order valence-electron chi connectivity index (χ2n) is 3.72. The van der Waals surface area contributed by atoms with Crippen LogP contribution < -0.4 is 5.73 Å². The van der Waals surface area contributed by atoms with E-state index in [0.717, 1.165) is 17.2 Å². The fourth-order valence-electron chi connectivity index (χ4n) is 1.26. The van der Waals surface area contributed by atoms with Gasteiger partial charge in [-0.3, -0.25) is 4.79 Å². The van der Waals surface area contributed by atoms with Crippen LogP contribution in [0, 0.1) is 13.8 Å². The SMILES string of the molecule is Cc1nc(CSCC(N)C(=O)O)n(C)c1C. The molecule has 3 N–H and O–H groups in total. The molecule has 0 amide bonds. The van der Waals surface area contributed by atoms with Crippen LogP contribution in [0.1, 0.15) is 17.2 Å². The Morgan fingerprint density at radius 3 is 2.69 bits per heavy atom. The zero-order chi connectivity index (χ0) is 12.3. The molecule has 16 heavy (non-hydrogen) atoms. The van der Waals surface area contributed by atoms with Gasteiger partial charge in [0.05, 0.1) is 11.4 Å². The largest absolute Gasteiger partial charge is 0.480 e. The molecular formula is C10H17N3O2S. The molecule has 0 aliphatic carbocycles. The van der Waals surface area contributed by atoms with E-state index in [2.05, 4.69) is 4.98 Å². The second-order valence-corrected chi connectivity index (χ2v) is 4.75. The molecule has 1 heterocycles. The van der Waals surface area contributed by atoms with Gasteiger partial charge in [-0.25, -0.2) is 4.98 Å². The van der Waals surface area contributed by atoms with E-state index in [9.17, 15) is 4.79 Å². The molecule has 1 aromatic rings. The number of aromatic nitrogens is 2. The summed E-state index contributed by atoms with van der Waals surface area (Å²) in [7, 11) is 1.96. The van der Waals surface area contributed by atoms with Crippen LogP contribution in [0.15, 0.2) is 0 Å². The number of hydrogen-bond acceptors (Lipinski definition) is 4. The van der Waals surface area contributed by atoms with Gasteiger partial charge in [0.25, 0.3) is 0 Å². The summed E-state index contributed by atoms with van der Waals surface area (Å²) < 4.78 is 2.02. The van der Waals surface area contributed by atoms with Crippen molar-refractivity contribution in [1.29, 1.82) is 0 Å². The van der Waals surface area contributed by atoms with Gasteiger partial charge in [-0.15, -0.1) is 0 Å². The molecule has 1 aromatic heterocycles. The molecular weight excluding hydrogens is 226 g/mol. The number of carbonyl (C=O) groups is 1. The zero-order valence-corrected chi connectivity index (χ0v) is 10.5. The van der Waals surface area contributed by atoms with Crippen LogP contribution >= 0.6 is 11.8 Å². The highest BCUT2D eigenvalue weighted by Gasteiger charge is 2.12. The Kier molecular flexibility index (Phi) is 4.37. The van der Waals surface area contributed by atoms with E-state index in [-0.39, 0.29) is 0 Å². The van der Waals surface area contributed by atoms with E-state index in [1.807, 2.05) is 25.5 Å². The lowest BCUT2D eigenvalue weighted by Gasteiger charge is -2.06. The quantitative estimate of drug-likeness (QED) is 0.795. The number of imidazole rings is 1. The Hall–Kier alpha value is -1.01. The van der Waals surface area contributed by atoms with Gasteiger partial charge in [-0.1, -0.05) is 0 Å². The van der Waals surface area contributed by atoms with E-state index in [1.54, 1.807) is 0 Å². The van der Waals surface area contributed by atoms with Gasteiger partial charge in [0.2, 0.25) is 0 Å². The lowest BCUT2D eigenvalue weighted by atomic mass is 10.4. The first kappa shape index (κ1) is 13.1. The third-order valence-corrected chi connectivity index (χ3v) is 3.61. The Morgan fingerprint density at radius 1 is 1.62 bits per heavy atom. The minimum atomic E-state index is -0.959. The van der Waals surface area contributed by atoms with Gasteiger partial charge in [0.1, 0.15) is 11.9 Å². The molecule has 6 heteroatoms. The Balaban J connectivity index is 2.49. The van der Waals surface area contributed by atoms with Crippen molar-refractivity contribution in [3.8, 4) is 0 Å². The summed E-state index contributed by atoms with van der Waals surface area (Å²) in [4.78, 5) is 14.9. The van der Waals surface area contributed by atoms with Crippen LogP contribution in [-0.4, -0.2) is 32.4 Å². The maximum atomic E-state index is 10.5. The first-order valence-electron chi connectivity index (χ1n) is 4.98. The van der Waals surface area contributed by atoms with Gasteiger partial charge in [-0.05, 0) is 13.8 Å². The molecule has 0 bridgehead atoms. The fraction of sp³-hybridized carbons (Fsp3) is 0.600. The number of aliphatic carboxylic acids is 1. The Labute approximate surface area is 99.0 Å². The fourth-order valence-corrected chi connectivity index (χ4v) is 2.22. The molecule has 1 rings (SSSR count). The predicted octanol–water partition coefficient (Wildman–Crippen LogP) is 0.682. The maximum Gasteiger partial charge on any atom is 0.321 e. The number of carboxylic acids is 1. The Morgan fingerprint density at radius 2 is 2.25 bits per heavy atom. The molecule has 0 aliphatic heterocycles. The maximum absolute atomic E-state index is 10.5. The van der Waals surface area contributed by atoms with E-state index < -0.39 is 12.0 Å². The minimum absolute atomic E-state index is 0.403. The number of nitrogens with two attached hydrogens (primary N) is 1. The first-order valence-corrected chi connectivity index (χ1v) is 6.14. The molecule has 0 spiro atoms. The lowest BCUT2D eigenvalue weighted by Crippen LogP contribution is -2.32. The summed E-state index contributed by atoms with van der Waals surface area (Å²) in [6.45, 7) is 3.98. The molecule has 0 radical (unpaired) electrons. The summed E-state index contributed by atoms with van der Waals surface area (Å²) in [6.07, 6.45) is 0. The summed E-state index contributed by atoms with van der Waals surface area (Å²) in [6, 6.07) is -0.799. The van der Waals surface area contributed by atoms with Crippen LogP contribution in [0.3, 0.4) is 0 Å². The van der Waals surface area contributed by atoms with Crippen LogP contribution in [0.25, 0.3) is 0 Å². The number of nitrogens with zero attached hydrogens (tertiary/aromatic N) is 2. The van der Waals surface area contributed by atoms with Crippen molar-refractivity contribution in [2.24, 2.45) is 12.8 Å². The monoisotopic (exact) mass is 243 g/mol. The molecule has 0 saturated heterocycles. The van der Waals surface area contributed by atoms with Gasteiger partial charge >= 0.3 is 5.97 Å². The summed E-state index contributed by atoms with van der Waals surface area (Å²) in [5.41, 5.74) is 7.56. The molecule has 0 aromatic carbocycles. The average Bonchev–Trinajstić information content (AvgIpc) is 2.46.